The molecule has 0 N–H and O–H groups in total. The van der Waals surface area contributed by atoms with Gasteiger partial charge in [-0.3, -0.25) is 0 Å². The second-order valence-corrected chi connectivity index (χ2v) is 4.77. The molecule has 0 aliphatic heterocycles. The van der Waals surface area contributed by atoms with Crippen LogP contribution in [0.25, 0.3) is 6.08 Å². The minimum Gasteiger partial charge on any atom is -0.496 e. The Bertz CT molecular complexity index is 723. The Labute approximate surface area is 136 Å². The highest BCUT2D eigenvalue weighted by Crippen LogP contribution is 2.19. The summed E-state index contributed by atoms with van der Waals surface area (Å²) in [4.78, 5) is 15.5. The predicted molar refractivity (Wildman–Crippen MR) is 80.1 cm³/mol. The third-order valence-corrected chi connectivity index (χ3v) is 3.03. The van der Waals surface area contributed by atoms with Gasteiger partial charge in [0, 0.05) is 24.0 Å². The van der Waals surface area contributed by atoms with Gasteiger partial charge in [-0.25, -0.2) is 9.78 Å². The molecular weight excluding hydrogens is 325 g/mol. The highest BCUT2D eigenvalue weighted by atomic mass is 19.4. The second kappa shape index (κ2) is 7.67. The number of methoxy groups -OCH3 is 1. The van der Waals surface area contributed by atoms with Gasteiger partial charge in [0.15, 0.2) is 0 Å². The fraction of sp³-hybridized carbons (Fsp3) is 0.250. The van der Waals surface area contributed by atoms with Crippen LogP contribution in [0.2, 0.25) is 0 Å². The lowest BCUT2D eigenvalue weighted by Gasteiger charge is -2.10. The molecule has 2 rings (SSSR count). The van der Waals surface area contributed by atoms with E-state index in [2.05, 4.69) is 4.98 Å². The summed E-state index contributed by atoms with van der Waals surface area (Å²) in [5.41, 5.74) is 0.676. The molecule has 0 amide bonds. The van der Waals surface area contributed by atoms with Crippen LogP contribution in [0.5, 0.6) is 5.75 Å². The predicted octanol–water partition coefficient (Wildman–Crippen LogP) is 3.21. The van der Waals surface area contributed by atoms with Crippen molar-refractivity contribution >= 4 is 12.0 Å². The van der Waals surface area contributed by atoms with E-state index in [9.17, 15) is 18.0 Å². The molecule has 0 aliphatic rings. The number of esters is 1. The number of rotatable bonds is 6. The monoisotopic (exact) mass is 340 g/mol. The highest BCUT2D eigenvalue weighted by molar-refractivity contribution is 5.87. The molecule has 0 radical (unpaired) electrons. The number of ether oxygens (including phenoxy) is 2. The Morgan fingerprint density at radius 3 is 2.79 bits per heavy atom. The number of para-hydroxylation sites is 1. The van der Waals surface area contributed by atoms with Crippen molar-refractivity contribution in [3.63, 3.8) is 0 Å². The number of nitrogens with zero attached hydrogens (tertiary/aromatic N) is 2. The van der Waals surface area contributed by atoms with Crippen LogP contribution in [0.15, 0.2) is 42.7 Å². The van der Waals surface area contributed by atoms with Gasteiger partial charge in [-0.05, 0) is 12.1 Å². The minimum atomic E-state index is -4.37. The molecule has 1 heterocycles. The second-order valence-electron chi connectivity index (χ2n) is 4.77. The lowest BCUT2D eigenvalue weighted by molar-refractivity contribution is -0.142. The standard InChI is InChI=1S/C16H15F3N2O3/c1-23-13-5-3-2-4-12(13)6-7-15(22)24-10-14-20-8-9-21(14)11-16(17,18)19/h2-9H,10-11H2,1H3/b7-6+. The maximum absolute atomic E-state index is 12.4. The van der Waals surface area contributed by atoms with Gasteiger partial charge in [0.25, 0.3) is 0 Å². The topological polar surface area (TPSA) is 53.4 Å². The third-order valence-electron chi connectivity index (χ3n) is 3.03. The Morgan fingerprint density at radius 1 is 1.33 bits per heavy atom. The van der Waals surface area contributed by atoms with Gasteiger partial charge < -0.3 is 14.0 Å². The van der Waals surface area contributed by atoms with E-state index < -0.39 is 18.7 Å². The molecule has 5 nitrogen and oxygen atoms in total. The Hall–Kier alpha value is -2.77. The van der Waals surface area contributed by atoms with Crippen molar-refractivity contribution in [2.45, 2.75) is 19.3 Å². The number of carbonyl (C=O) groups is 1. The van der Waals surface area contributed by atoms with Crippen LogP contribution in [0.4, 0.5) is 13.2 Å². The fourth-order valence-electron chi connectivity index (χ4n) is 1.96. The van der Waals surface area contributed by atoms with Crippen LogP contribution in [-0.2, 0) is 22.7 Å². The van der Waals surface area contributed by atoms with Crippen molar-refractivity contribution in [3.05, 3.63) is 54.1 Å². The summed E-state index contributed by atoms with van der Waals surface area (Å²) in [7, 11) is 1.51. The Balaban J connectivity index is 1.94. The van der Waals surface area contributed by atoms with Crippen molar-refractivity contribution in [3.8, 4) is 5.75 Å². The number of carbonyl (C=O) groups excluding carboxylic acids is 1. The number of alkyl halides is 3. The maximum Gasteiger partial charge on any atom is 0.406 e. The van der Waals surface area contributed by atoms with E-state index >= 15 is 0 Å². The summed E-state index contributed by atoms with van der Waals surface area (Å²) < 4.78 is 48.1. The van der Waals surface area contributed by atoms with Crippen LogP contribution in [0.3, 0.4) is 0 Å². The lowest BCUT2D eigenvalue weighted by Crippen LogP contribution is -2.19. The molecule has 0 saturated carbocycles. The first kappa shape index (κ1) is 17.6. The molecule has 1 aromatic carbocycles. The first-order valence-electron chi connectivity index (χ1n) is 6.93. The van der Waals surface area contributed by atoms with Crippen LogP contribution in [0, 0.1) is 0 Å². The van der Waals surface area contributed by atoms with Crippen LogP contribution < -0.4 is 4.74 Å². The van der Waals surface area contributed by atoms with Gasteiger partial charge in [0.1, 0.15) is 24.7 Å². The van der Waals surface area contributed by atoms with Gasteiger partial charge in [-0.2, -0.15) is 13.2 Å². The number of imidazole rings is 1. The van der Waals surface area contributed by atoms with Crippen LogP contribution in [0.1, 0.15) is 11.4 Å². The Morgan fingerprint density at radius 2 is 2.08 bits per heavy atom. The van der Waals surface area contributed by atoms with E-state index in [0.29, 0.717) is 11.3 Å². The molecule has 0 aliphatic carbocycles. The number of hydrogen-bond donors (Lipinski definition) is 0. The third kappa shape index (κ3) is 5.15. The largest absolute Gasteiger partial charge is 0.496 e. The van der Waals surface area contributed by atoms with Gasteiger partial charge in [0.05, 0.1) is 7.11 Å². The molecule has 0 fully saturated rings. The maximum atomic E-state index is 12.4. The van der Waals surface area contributed by atoms with Gasteiger partial charge in [0.2, 0.25) is 0 Å². The van der Waals surface area contributed by atoms with E-state index in [1.807, 2.05) is 0 Å². The molecule has 24 heavy (non-hydrogen) atoms. The molecule has 8 heteroatoms. The van der Waals surface area contributed by atoms with E-state index in [1.54, 1.807) is 24.3 Å². The quantitative estimate of drug-likeness (QED) is 0.599. The SMILES string of the molecule is COc1ccccc1/C=C/C(=O)OCc1nccn1CC(F)(F)F. The Kier molecular flexibility index (Phi) is 5.62. The van der Waals surface area contributed by atoms with Crippen LogP contribution >= 0.6 is 0 Å². The van der Waals surface area contributed by atoms with Crippen molar-refractivity contribution in [1.82, 2.24) is 9.55 Å². The summed E-state index contributed by atoms with van der Waals surface area (Å²) in [6, 6.07) is 7.05. The molecule has 0 spiro atoms. The van der Waals surface area contributed by atoms with Gasteiger partial charge in [-0.1, -0.05) is 18.2 Å². The van der Waals surface area contributed by atoms with E-state index in [4.69, 9.17) is 9.47 Å². The van der Waals surface area contributed by atoms with E-state index in [-0.39, 0.29) is 12.4 Å². The first-order valence-corrected chi connectivity index (χ1v) is 6.93. The number of aromatic nitrogens is 2. The van der Waals surface area contributed by atoms with Crippen molar-refractivity contribution in [2.75, 3.05) is 7.11 Å². The van der Waals surface area contributed by atoms with E-state index in [1.165, 1.54) is 31.7 Å². The summed E-state index contributed by atoms with van der Waals surface area (Å²) in [5, 5.41) is 0. The summed E-state index contributed by atoms with van der Waals surface area (Å²) in [5.74, 6) is -0.0869. The molecule has 128 valence electrons. The molecule has 0 bridgehead atoms. The normalized spacial score (nSPS) is 11.7. The smallest absolute Gasteiger partial charge is 0.406 e. The molecule has 0 atom stereocenters. The van der Waals surface area contributed by atoms with Crippen molar-refractivity contribution < 1.29 is 27.4 Å². The fourth-order valence-corrected chi connectivity index (χ4v) is 1.96. The van der Waals surface area contributed by atoms with Crippen molar-refractivity contribution in [2.24, 2.45) is 0 Å². The van der Waals surface area contributed by atoms with Crippen molar-refractivity contribution in [1.29, 1.82) is 0 Å². The number of hydrogen-bond acceptors (Lipinski definition) is 4. The average Bonchev–Trinajstić information content (AvgIpc) is 2.96. The molecule has 1 aromatic heterocycles. The van der Waals surface area contributed by atoms with Gasteiger partial charge in [-0.15, -0.1) is 0 Å². The zero-order valence-corrected chi connectivity index (χ0v) is 12.8. The lowest BCUT2D eigenvalue weighted by atomic mass is 10.2. The number of benzene rings is 1. The van der Waals surface area contributed by atoms with E-state index in [0.717, 1.165) is 4.57 Å². The highest BCUT2D eigenvalue weighted by Gasteiger charge is 2.28. The molecule has 0 saturated heterocycles. The summed E-state index contributed by atoms with van der Waals surface area (Å²) in [6.07, 6.45) is 0.711. The minimum absolute atomic E-state index is 0.0198. The molecule has 2 aromatic rings. The average molecular weight is 340 g/mol. The summed E-state index contributed by atoms with van der Waals surface area (Å²) >= 11 is 0. The molecular formula is C16H15F3N2O3. The summed E-state index contributed by atoms with van der Waals surface area (Å²) in [6.45, 7) is -1.53. The number of halogens is 3. The first-order chi connectivity index (χ1) is 11.4. The van der Waals surface area contributed by atoms with Gasteiger partial charge >= 0.3 is 12.1 Å². The van der Waals surface area contributed by atoms with Crippen LogP contribution in [-0.4, -0.2) is 28.8 Å². The zero-order valence-electron chi connectivity index (χ0n) is 12.8. The zero-order chi connectivity index (χ0) is 17.6. The molecule has 0 unspecified atom stereocenters.